The van der Waals surface area contributed by atoms with Crippen LogP contribution in [0.4, 0.5) is 17.6 Å². The monoisotopic (exact) mass is 241 g/mol. The zero-order chi connectivity index (χ0) is 12.5. The summed E-state index contributed by atoms with van der Waals surface area (Å²) in [6.07, 6.45) is -4.53. The summed E-state index contributed by atoms with van der Waals surface area (Å²) in [4.78, 5) is 3.41. The van der Waals surface area contributed by atoms with Crippen molar-refractivity contribution in [3.8, 4) is 11.3 Å². The zero-order valence-electron chi connectivity index (χ0n) is 8.50. The van der Waals surface area contributed by atoms with Crippen molar-refractivity contribution in [2.24, 2.45) is 0 Å². The van der Waals surface area contributed by atoms with Crippen LogP contribution in [-0.4, -0.2) is 4.98 Å². The molecule has 2 aromatic rings. The Morgan fingerprint density at radius 3 is 2.24 bits per heavy atom. The molecule has 5 heteroatoms. The summed E-state index contributed by atoms with van der Waals surface area (Å²) in [5.74, 6) is -0.598. The van der Waals surface area contributed by atoms with Crippen LogP contribution in [-0.2, 0) is 6.18 Å². The quantitative estimate of drug-likeness (QED) is 0.690. The molecule has 1 nitrogen and oxygen atoms in total. The largest absolute Gasteiger partial charge is 0.433 e. The number of benzene rings is 1. The fraction of sp³-hybridized carbons (Fsp3) is 0.0833. The van der Waals surface area contributed by atoms with Crippen molar-refractivity contribution >= 4 is 0 Å². The van der Waals surface area contributed by atoms with Crippen molar-refractivity contribution in [3.05, 3.63) is 54.0 Å². The van der Waals surface area contributed by atoms with Crippen LogP contribution >= 0.6 is 0 Å². The molecule has 0 bridgehead atoms. The van der Waals surface area contributed by atoms with Gasteiger partial charge in [0.25, 0.3) is 0 Å². The molecule has 1 heterocycles. The lowest BCUT2D eigenvalue weighted by Crippen LogP contribution is -2.08. The minimum atomic E-state index is -4.53. The van der Waals surface area contributed by atoms with Gasteiger partial charge in [0.2, 0.25) is 0 Å². The van der Waals surface area contributed by atoms with Gasteiger partial charge in [-0.3, -0.25) is 0 Å². The van der Waals surface area contributed by atoms with Crippen molar-refractivity contribution < 1.29 is 17.6 Å². The van der Waals surface area contributed by atoms with E-state index in [2.05, 4.69) is 4.98 Å². The second-order valence-electron chi connectivity index (χ2n) is 3.39. The molecule has 0 spiro atoms. The lowest BCUT2D eigenvalue weighted by molar-refractivity contribution is -0.141. The van der Waals surface area contributed by atoms with Crippen LogP contribution in [0, 0.1) is 5.82 Å². The number of nitrogens with zero attached hydrogens (tertiary/aromatic N) is 1. The third-order valence-corrected chi connectivity index (χ3v) is 2.19. The minimum absolute atomic E-state index is 0.0297. The maximum Gasteiger partial charge on any atom is 0.433 e. The molecule has 0 saturated carbocycles. The Balaban J connectivity index is 2.51. The highest BCUT2D eigenvalue weighted by Crippen LogP contribution is 2.29. The van der Waals surface area contributed by atoms with Gasteiger partial charge in [-0.15, -0.1) is 0 Å². The predicted octanol–water partition coefficient (Wildman–Crippen LogP) is 3.91. The van der Waals surface area contributed by atoms with E-state index in [1.54, 1.807) is 6.07 Å². The third-order valence-electron chi connectivity index (χ3n) is 2.19. The zero-order valence-corrected chi connectivity index (χ0v) is 8.50. The Labute approximate surface area is 94.7 Å². The summed E-state index contributed by atoms with van der Waals surface area (Å²) in [7, 11) is 0. The predicted molar refractivity (Wildman–Crippen MR) is 54.6 cm³/mol. The van der Waals surface area contributed by atoms with Gasteiger partial charge in [0.1, 0.15) is 11.5 Å². The first kappa shape index (κ1) is 11.6. The van der Waals surface area contributed by atoms with Gasteiger partial charge in [-0.2, -0.15) is 13.2 Å². The molecule has 88 valence electrons. The van der Waals surface area contributed by atoms with E-state index in [0.29, 0.717) is 0 Å². The molecule has 0 aliphatic rings. The van der Waals surface area contributed by atoms with Crippen LogP contribution in [0.15, 0.2) is 42.5 Å². The van der Waals surface area contributed by atoms with Crippen LogP contribution in [0.1, 0.15) is 5.69 Å². The van der Waals surface area contributed by atoms with Crippen LogP contribution in [0.25, 0.3) is 11.3 Å². The van der Waals surface area contributed by atoms with Gasteiger partial charge in [-0.25, -0.2) is 9.37 Å². The normalized spacial score (nSPS) is 11.5. The summed E-state index contributed by atoms with van der Waals surface area (Å²) >= 11 is 0. The Morgan fingerprint density at radius 2 is 1.59 bits per heavy atom. The van der Waals surface area contributed by atoms with E-state index < -0.39 is 17.7 Å². The fourth-order valence-corrected chi connectivity index (χ4v) is 1.41. The summed E-state index contributed by atoms with van der Waals surface area (Å²) in [6.45, 7) is 0. The van der Waals surface area contributed by atoms with E-state index in [1.165, 1.54) is 30.3 Å². The Hall–Kier alpha value is -1.91. The van der Waals surface area contributed by atoms with Crippen molar-refractivity contribution in [3.63, 3.8) is 0 Å². The molecule has 0 aliphatic heterocycles. The molecular weight excluding hydrogens is 234 g/mol. The molecule has 0 N–H and O–H groups in total. The molecule has 0 saturated heterocycles. The first-order valence-electron chi connectivity index (χ1n) is 4.77. The van der Waals surface area contributed by atoms with Crippen LogP contribution in [0.3, 0.4) is 0 Å². The third kappa shape index (κ3) is 2.43. The second-order valence-corrected chi connectivity index (χ2v) is 3.39. The lowest BCUT2D eigenvalue weighted by atomic mass is 10.1. The molecule has 0 unspecified atom stereocenters. The summed E-state index contributed by atoms with van der Waals surface area (Å²) in [5.41, 5.74) is -1.00. The van der Waals surface area contributed by atoms with Crippen LogP contribution in [0.5, 0.6) is 0 Å². The van der Waals surface area contributed by atoms with E-state index in [4.69, 9.17) is 0 Å². The van der Waals surface area contributed by atoms with E-state index in [-0.39, 0.29) is 11.3 Å². The number of rotatable bonds is 1. The lowest BCUT2D eigenvalue weighted by Gasteiger charge is -2.08. The van der Waals surface area contributed by atoms with E-state index in [1.807, 2.05) is 0 Å². The van der Waals surface area contributed by atoms with Gasteiger partial charge in [0.05, 0.1) is 5.69 Å². The second kappa shape index (κ2) is 4.16. The standard InChI is InChI=1S/C12H7F4N/c13-9-5-2-1-4-8(9)10-6-3-7-11(17-10)12(14,15)16/h1-7H. The van der Waals surface area contributed by atoms with Gasteiger partial charge in [-0.05, 0) is 24.3 Å². The van der Waals surface area contributed by atoms with Gasteiger partial charge in [0, 0.05) is 5.56 Å². The molecule has 17 heavy (non-hydrogen) atoms. The molecule has 0 aliphatic carbocycles. The van der Waals surface area contributed by atoms with Gasteiger partial charge >= 0.3 is 6.18 Å². The average molecular weight is 241 g/mol. The number of hydrogen-bond donors (Lipinski definition) is 0. The molecule has 1 aromatic carbocycles. The van der Waals surface area contributed by atoms with Gasteiger partial charge in [0.15, 0.2) is 0 Å². The number of hydrogen-bond acceptors (Lipinski definition) is 1. The number of aromatic nitrogens is 1. The summed E-state index contributed by atoms with van der Waals surface area (Å²) in [5, 5.41) is 0. The molecule has 0 radical (unpaired) electrons. The van der Waals surface area contributed by atoms with E-state index in [9.17, 15) is 17.6 Å². The highest BCUT2D eigenvalue weighted by atomic mass is 19.4. The Morgan fingerprint density at radius 1 is 0.882 bits per heavy atom. The Bertz CT molecular complexity index is 534. The summed E-state index contributed by atoms with van der Waals surface area (Å²) < 4.78 is 50.7. The van der Waals surface area contributed by atoms with Crippen molar-refractivity contribution in [1.82, 2.24) is 4.98 Å². The Kier molecular flexibility index (Phi) is 2.83. The topological polar surface area (TPSA) is 12.9 Å². The molecule has 0 fully saturated rings. The van der Waals surface area contributed by atoms with Crippen LogP contribution in [0.2, 0.25) is 0 Å². The minimum Gasteiger partial charge on any atom is -0.243 e. The highest BCUT2D eigenvalue weighted by molar-refractivity contribution is 5.59. The number of pyridine rings is 1. The van der Waals surface area contributed by atoms with Gasteiger partial charge in [-0.1, -0.05) is 18.2 Å². The highest BCUT2D eigenvalue weighted by Gasteiger charge is 2.32. The van der Waals surface area contributed by atoms with Crippen molar-refractivity contribution in [2.75, 3.05) is 0 Å². The molecule has 1 aromatic heterocycles. The smallest absolute Gasteiger partial charge is 0.243 e. The molecule has 0 amide bonds. The molecule has 2 rings (SSSR count). The SMILES string of the molecule is Fc1ccccc1-c1cccc(C(F)(F)F)n1. The maximum absolute atomic E-state index is 13.4. The average Bonchev–Trinajstić information content (AvgIpc) is 2.29. The molecule has 0 atom stereocenters. The van der Waals surface area contributed by atoms with Gasteiger partial charge < -0.3 is 0 Å². The first-order chi connectivity index (χ1) is 7.98. The number of halogens is 4. The van der Waals surface area contributed by atoms with Crippen LogP contribution < -0.4 is 0 Å². The van der Waals surface area contributed by atoms with E-state index in [0.717, 1.165) is 6.07 Å². The van der Waals surface area contributed by atoms with Crippen molar-refractivity contribution in [1.29, 1.82) is 0 Å². The first-order valence-corrected chi connectivity index (χ1v) is 4.77. The summed E-state index contributed by atoms with van der Waals surface area (Å²) in [6, 6.07) is 8.97. The number of alkyl halides is 3. The van der Waals surface area contributed by atoms with Crippen molar-refractivity contribution in [2.45, 2.75) is 6.18 Å². The van der Waals surface area contributed by atoms with E-state index >= 15 is 0 Å². The molecular formula is C12H7F4N. The maximum atomic E-state index is 13.4. The fourth-order valence-electron chi connectivity index (χ4n) is 1.41.